The molecule has 0 amide bonds. The summed E-state index contributed by atoms with van der Waals surface area (Å²) in [5.74, 6) is -0.808. The number of anilines is 1. The average Bonchev–Trinajstić information content (AvgIpc) is 3.44. The van der Waals surface area contributed by atoms with E-state index in [1.54, 1.807) is 0 Å². The summed E-state index contributed by atoms with van der Waals surface area (Å²) >= 11 is 7.48. The molecule has 1 fully saturated rings. The molecular formula is C24H27ClN4O6S2. The number of carbonyl (C=O) groups excluding carboxylic acids is 1. The highest BCUT2D eigenvalue weighted by atomic mass is 35.5. The van der Waals surface area contributed by atoms with Crippen molar-refractivity contribution in [2.75, 3.05) is 11.9 Å². The molecule has 2 aromatic heterocycles. The molecule has 10 nitrogen and oxygen atoms in total. The summed E-state index contributed by atoms with van der Waals surface area (Å²) in [7, 11) is -4.19. The van der Waals surface area contributed by atoms with E-state index in [-0.39, 0.29) is 30.2 Å². The van der Waals surface area contributed by atoms with Gasteiger partial charge in [-0.25, -0.2) is 15.1 Å². The fourth-order valence-corrected chi connectivity index (χ4v) is 5.94. The SMILES string of the molecule is CC(C)(c1cccc(Cl)c1)c1csc(C(=O)c2cncnc2N[C@@H]2C[C@H](COS(N)(=O)=O)[C@@H](O)[C@H]2O)c1. The second-order valence-electron chi connectivity index (χ2n) is 9.45. The first-order valence-electron chi connectivity index (χ1n) is 11.4. The van der Waals surface area contributed by atoms with Crippen molar-refractivity contribution in [3.63, 3.8) is 0 Å². The van der Waals surface area contributed by atoms with Crippen molar-refractivity contribution in [2.45, 2.75) is 43.9 Å². The van der Waals surface area contributed by atoms with E-state index in [4.69, 9.17) is 16.7 Å². The molecule has 198 valence electrons. The van der Waals surface area contributed by atoms with Crippen LogP contribution in [0.1, 0.15) is 46.6 Å². The van der Waals surface area contributed by atoms with Crippen molar-refractivity contribution in [3.8, 4) is 0 Å². The van der Waals surface area contributed by atoms with Gasteiger partial charge in [0.1, 0.15) is 18.2 Å². The first-order valence-corrected chi connectivity index (χ1v) is 14.1. The second kappa shape index (κ2) is 10.7. The van der Waals surface area contributed by atoms with E-state index in [0.29, 0.717) is 9.90 Å². The summed E-state index contributed by atoms with van der Waals surface area (Å²) in [5.41, 5.74) is 1.76. The van der Waals surface area contributed by atoms with E-state index in [2.05, 4.69) is 33.3 Å². The highest BCUT2D eigenvalue weighted by Gasteiger charge is 2.42. The van der Waals surface area contributed by atoms with Gasteiger partial charge in [-0.3, -0.25) is 8.98 Å². The maximum Gasteiger partial charge on any atom is 0.333 e. The molecule has 13 heteroatoms. The summed E-state index contributed by atoms with van der Waals surface area (Å²) in [6.07, 6.45) is 0.304. The number of nitrogens with two attached hydrogens (primary N) is 1. The number of aliphatic hydroxyl groups excluding tert-OH is 2. The van der Waals surface area contributed by atoms with Crippen LogP contribution in [-0.2, 0) is 19.9 Å². The molecule has 1 aliphatic rings. The van der Waals surface area contributed by atoms with E-state index >= 15 is 0 Å². The third kappa shape index (κ3) is 6.17. The Morgan fingerprint density at radius 2 is 2.03 bits per heavy atom. The van der Waals surface area contributed by atoms with E-state index in [9.17, 15) is 23.4 Å². The number of thiophene rings is 1. The van der Waals surface area contributed by atoms with Crippen LogP contribution in [0.25, 0.3) is 0 Å². The predicted octanol–water partition coefficient (Wildman–Crippen LogP) is 2.49. The van der Waals surface area contributed by atoms with Crippen molar-refractivity contribution >= 4 is 44.8 Å². The topological polar surface area (TPSA) is 165 Å². The van der Waals surface area contributed by atoms with Gasteiger partial charge in [-0.2, -0.15) is 8.42 Å². The van der Waals surface area contributed by atoms with E-state index in [1.165, 1.54) is 23.9 Å². The van der Waals surface area contributed by atoms with Crippen LogP contribution >= 0.6 is 22.9 Å². The Morgan fingerprint density at radius 3 is 2.73 bits per heavy atom. The van der Waals surface area contributed by atoms with Crippen molar-refractivity contribution in [3.05, 3.63) is 74.8 Å². The van der Waals surface area contributed by atoms with Crippen molar-refractivity contribution in [1.82, 2.24) is 9.97 Å². The Balaban J connectivity index is 1.53. The first kappa shape index (κ1) is 27.6. The molecule has 4 rings (SSSR count). The zero-order valence-corrected chi connectivity index (χ0v) is 22.4. The monoisotopic (exact) mass is 566 g/mol. The van der Waals surface area contributed by atoms with Crippen LogP contribution in [-0.4, -0.2) is 59.2 Å². The van der Waals surface area contributed by atoms with Crippen molar-refractivity contribution in [1.29, 1.82) is 0 Å². The number of nitrogens with one attached hydrogen (secondary N) is 1. The van der Waals surface area contributed by atoms with E-state index in [0.717, 1.165) is 11.1 Å². The standard InChI is InChI=1S/C24H27ClN4O6S2/c1-24(2,14-4-3-5-16(25)7-14)15-8-19(36-11-15)21(31)17-9-27-12-28-23(17)29-18-6-13(20(30)22(18)32)10-35-37(26,33)34/h3-5,7-9,11-13,18,20,22,30,32H,6,10H2,1-2H3,(H2,26,33,34)(H,27,28,29)/t13-,18-,20-,22+/m1/s1. The Kier molecular flexibility index (Phi) is 8.00. The molecule has 2 heterocycles. The number of carbonyl (C=O) groups is 1. The average molecular weight is 567 g/mol. The minimum atomic E-state index is -4.19. The van der Waals surface area contributed by atoms with Gasteiger partial charge >= 0.3 is 10.3 Å². The number of rotatable bonds is 9. The van der Waals surface area contributed by atoms with Crippen LogP contribution in [0.4, 0.5) is 5.82 Å². The normalized spacial score (nSPS) is 22.2. The minimum Gasteiger partial charge on any atom is -0.390 e. The van der Waals surface area contributed by atoms with Gasteiger partial charge in [0.25, 0.3) is 0 Å². The van der Waals surface area contributed by atoms with Gasteiger partial charge in [0.05, 0.1) is 29.2 Å². The van der Waals surface area contributed by atoms with Crippen LogP contribution in [0.3, 0.4) is 0 Å². The van der Waals surface area contributed by atoms with Gasteiger partial charge in [-0.1, -0.05) is 37.6 Å². The van der Waals surface area contributed by atoms with Crippen LogP contribution in [0.5, 0.6) is 0 Å². The number of halogens is 1. The Labute approximate surface area is 223 Å². The number of aliphatic hydroxyl groups is 2. The zero-order chi connectivity index (χ0) is 27.0. The number of aromatic nitrogens is 2. The summed E-state index contributed by atoms with van der Waals surface area (Å²) in [6, 6.07) is 8.70. The summed E-state index contributed by atoms with van der Waals surface area (Å²) in [4.78, 5) is 22.1. The van der Waals surface area contributed by atoms with Crippen LogP contribution < -0.4 is 10.5 Å². The Hall–Kier alpha value is -2.45. The van der Waals surface area contributed by atoms with E-state index in [1.807, 2.05) is 35.7 Å². The maximum absolute atomic E-state index is 13.5. The first-order chi connectivity index (χ1) is 17.4. The predicted molar refractivity (Wildman–Crippen MR) is 140 cm³/mol. The summed E-state index contributed by atoms with van der Waals surface area (Å²) in [5, 5.41) is 31.3. The van der Waals surface area contributed by atoms with E-state index < -0.39 is 39.9 Å². The number of ketones is 1. The third-order valence-corrected chi connectivity index (χ3v) is 8.25. The molecule has 0 spiro atoms. The zero-order valence-electron chi connectivity index (χ0n) is 20.0. The third-order valence-electron chi connectivity index (χ3n) is 6.62. The lowest BCUT2D eigenvalue weighted by atomic mass is 9.79. The molecule has 0 radical (unpaired) electrons. The van der Waals surface area contributed by atoms with Gasteiger partial charge < -0.3 is 15.5 Å². The van der Waals surface area contributed by atoms with Crippen molar-refractivity contribution in [2.24, 2.45) is 11.1 Å². The molecule has 1 saturated carbocycles. The lowest BCUT2D eigenvalue weighted by molar-refractivity contribution is 0.00778. The number of hydrogen-bond acceptors (Lipinski definition) is 10. The molecule has 0 saturated heterocycles. The molecule has 3 aromatic rings. The highest BCUT2D eigenvalue weighted by Crippen LogP contribution is 2.36. The van der Waals surface area contributed by atoms with Gasteiger partial charge in [0.15, 0.2) is 0 Å². The lowest BCUT2D eigenvalue weighted by Gasteiger charge is -2.24. The largest absolute Gasteiger partial charge is 0.390 e. The van der Waals surface area contributed by atoms with Gasteiger partial charge in [-0.05, 0) is 41.1 Å². The quantitative estimate of drug-likeness (QED) is 0.285. The molecule has 0 unspecified atom stereocenters. The second-order valence-corrected chi connectivity index (χ2v) is 12.0. The molecule has 0 bridgehead atoms. The molecule has 1 aromatic carbocycles. The lowest BCUT2D eigenvalue weighted by Crippen LogP contribution is -2.36. The molecule has 5 N–H and O–H groups in total. The molecule has 37 heavy (non-hydrogen) atoms. The van der Waals surface area contributed by atoms with Gasteiger partial charge in [0, 0.05) is 22.6 Å². The molecule has 1 aliphatic carbocycles. The van der Waals surface area contributed by atoms with Gasteiger partial charge in [-0.15, -0.1) is 11.3 Å². The van der Waals surface area contributed by atoms with Crippen LogP contribution in [0.15, 0.2) is 48.2 Å². The molecular weight excluding hydrogens is 540 g/mol. The number of benzene rings is 1. The summed E-state index contributed by atoms with van der Waals surface area (Å²) in [6.45, 7) is 3.72. The summed E-state index contributed by atoms with van der Waals surface area (Å²) < 4.78 is 26.8. The Bertz CT molecular complexity index is 1400. The number of hydrogen-bond donors (Lipinski definition) is 4. The molecule has 4 atom stereocenters. The molecule has 0 aliphatic heterocycles. The van der Waals surface area contributed by atoms with Crippen LogP contribution in [0.2, 0.25) is 5.02 Å². The number of nitrogens with zero attached hydrogens (tertiary/aromatic N) is 2. The fraction of sp³-hybridized carbons (Fsp3) is 0.375. The van der Waals surface area contributed by atoms with Crippen molar-refractivity contribution < 1.29 is 27.6 Å². The van der Waals surface area contributed by atoms with Gasteiger partial charge in [0.2, 0.25) is 5.78 Å². The fourth-order valence-electron chi connectivity index (χ4n) is 4.36. The maximum atomic E-state index is 13.5. The minimum absolute atomic E-state index is 0.159. The smallest absolute Gasteiger partial charge is 0.333 e. The highest BCUT2D eigenvalue weighted by molar-refractivity contribution is 7.84. The Morgan fingerprint density at radius 1 is 1.27 bits per heavy atom. The van der Waals surface area contributed by atoms with Crippen LogP contribution in [0, 0.1) is 5.92 Å².